The average Bonchev–Trinajstić information content (AvgIpc) is 2.14. The molecule has 1 N–H and O–H groups in total. The molecular weight excluding hydrogens is 253 g/mol. The second-order valence-electron chi connectivity index (χ2n) is 3.07. The summed E-state index contributed by atoms with van der Waals surface area (Å²) in [6.07, 6.45) is 0. The van der Waals surface area contributed by atoms with Gasteiger partial charge in [-0.25, -0.2) is 4.79 Å². The van der Waals surface area contributed by atoms with E-state index in [1.54, 1.807) is 0 Å². The molecule has 0 aromatic heterocycles. The SMILES string of the molecule is [N-]=[N+]=Nc1cc(CS(=O)(=O)F)cc(C(=O)O)c1. The zero-order chi connectivity index (χ0) is 13.1. The maximum absolute atomic E-state index is 12.4. The first-order chi connectivity index (χ1) is 7.81. The van der Waals surface area contributed by atoms with Crippen LogP contribution in [0.1, 0.15) is 15.9 Å². The van der Waals surface area contributed by atoms with Crippen molar-refractivity contribution in [3.8, 4) is 0 Å². The zero-order valence-corrected chi connectivity index (χ0v) is 9.06. The summed E-state index contributed by atoms with van der Waals surface area (Å²) in [5.74, 6) is -2.31. The van der Waals surface area contributed by atoms with Gasteiger partial charge >= 0.3 is 16.2 Å². The predicted molar refractivity (Wildman–Crippen MR) is 55.9 cm³/mol. The quantitative estimate of drug-likeness (QED) is 0.385. The molecule has 0 aliphatic heterocycles. The third-order valence-corrected chi connectivity index (χ3v) is 2.40. The summed E-state index contributed by atoms with van der Waals surface area (Å²) in [6, 6.07) is 3.15. The van der Waals surface area contributed by atoms with Gasteiger partial charge in [0, 0.05) is 10.6 Å². The van der Waals surface area contributed by atoms with Gasteiger partial charge in [-0.15, -0.1) is 3.89 Å². The smallest absolute Gasteiger partial charge is 0.335 e. The predicted octanol–water partition coefficient (Wildman–Crippen LogP) is 2.13. The molecule has 9 heteroatoms. The van der Waals surface area contributed by atoms with E-state index >= 15 is 0 Å². The molecule has 0 aliphatic carbocycles. The third-order valence-electron chi connectivity index (χ3n) is 1.72. The minimum absolute atomic E-state index is 0.0916. The van der Waals surface area contributed by atoms with E-state index in [-0.39, 0.29) is 16.8 Å². The fraction of sp³-hybridized carbons (Fsp3) is 0.125. The number of rotatable bonds is 4. The first kappa shape index (κ1) is 12.9. The van der Waals surface area contributed by atoms with E-state index in [2.05, 4.69) is 10.0 Å². The fourth-order valence-electron chi connectivity index (χ4n) is 1.19. The monoisotopic (exact) mass is 259 g/mol. The zero-order valence-electron chi connectivity index (χ0n) is 8.24. The van der Waals surface area contributed by atoms with Crippen molar-refractivity contribution in [1.29, 1.82) is 0 Å². The van der Waals surface area contributed by atoms with E-state index in [0.717, 1.165) is 18.2 Å². The first-order valence-corrected chi connectivity index (χ1v) is 5.72. The molecule has 0 saturated carbocycles. The van der Waals surface area contributed by atoms with Crippen molar-refractivity contribution in [3.05, 3.63) is 39.8 Å². The van der Waals surface area contributed by atoms with Gasteiger partial charge in [-0.05, 0) is 29.3 Å². The van der Waals surface area contributed by atoms with Crippen molar-refractivity contribution in [1.82, 2.24) is 0 Å². The normalized spacial score (nSPS) is 10.6. The first-order valence-electron chi connectivity index (χ1n) is 4.16. The highest BCUT2D eigenvalue weighted by Gasteiger charge is 2.12. The number of carbonyl (C=O) groups is 1. The number of benzene rings is 1. The number of nitrogens with zero attached hydrogens (tertiary/aromatic N) is 3. The van der Waals surface area contributed by atoms with Gasteiger partial charge in [0.25, 0.3) is 0 Å². The molecule has 0 saturated heterocycles. The number of hydrogen-bond donors (Lipinski definition) is 1. The van der Waals surface area contributed by atoms with Crippen molar-refractivity contribution < 1.29 is 22.2 Å². The van der Waals surface area contributed by atoms with Gasteiger partial charge < -0.3 is 5.11 Å². The number of halogens is 1. The van der Waals surface area contributed by atoms with E-state index in [4.69, 9.17) is 10.6 Å². The fourth-order valence-corrected chi connectivity index (χ4v) is 1.75. The molecule has 17 heavy (non-hydrogen) atoms. The lowest BCUT2D eigenvalue weighted by molar-refractivity contribution is 0.0696. The lowest BCUT2D eigenvalue weighted by Gasteiger charge is -2.02. The second kappa shape index (κ2) is 4.81. The average molecular weight is 259 g/mol. The van der Waals surface area contributed by atoms with E-state index in [1.807, 2.05) is 0 Å². The molecule has 0 bridgehead atoms. The van der Waals surface area contributed by atoms with Crippen LogP contribution in [0.5, 0.6) is 0 Å². The molecule has 0 amide bonds. The summed E-state index contributed by atoms with van der Waals surface area (Å²) in [6.45, 7) is 0. The van der Waals surface area contributed by atoms with Crippen LogP contribution in [-0.4, -0.2) is 19.5 Å². The van der Waals surface area contributed by atoms with Gasteiger partial charge in [-0.2, -0.15) is 8.42 Å². The van der Waals surface area contributed by atoms with Gasteiger partial charge in [-0.3, -0.25) is 0 Å². The molecule has 1 aromatic carbocycles. The Morgan fingerprint density at radius 1 is 1.47 bits per heavy atom. The molecule has 0 atom stereocenters. The Labute approximate surface area is 95.3 Å². The van der Waals surface area contributed by atoms with E-state index in [9.17, 15) is 17.1 Å². The van der Waals surface area contributed by atoms with Crippen LogP contribution in [0.15, 0.2) is 23.3 Å². The number of aromatic carboxylic acids is 1. The van der Waals surface area contributed by atoms with Gasteiger partial charge in [0.1, 0.15) is 5.75 Å². The van der Waals surface area contributed by atoms with Gasteiger partial charge in [0.05, 0.1) is 5.56 Å². The molecule has 0 heterocycles. The van der Waals surface area contributed by atoms with E-state index in [1.165, 1.54) is 0 Å². The topological polar surface area (TPSA) is 120 Å². The summed E-state index contributed by atoms with van der Waals surface area (Å²) < 4.78 is 33.3. The van der Waals surface area contributed by atoms with Crippen LogP contribution < -0.4 is 0 Å². The van der Waals surface area contributed by atoms with Crippen molar-refractivity contribution in [2.24, 2.45) is 5.11 Å². The third kappa shape index (κ3) is 4.09. The van der Waals surface area contributed by atoms with Gasteiger partial charge in [0.2, 0.25) is 0 Å². The lowest BCUT2D eigenvalue weighted by atomic mass is 10.1. The molecule has 1 aromatic rings. The van der Waals surface area contributed by atoms with Crippen LogP contribution in [0, 0.1) is 0 Å². The number of azide groups is 1. The highest BCUT2D eigenvalue weighted by molar-refractivity contribution is 7.85. The maximum atomic E-state index is 12.4. The molecule has 0 radical (unpaired) electrons. The molecule has 90 valence electrons. The highest BCUT2D eigenvalue weighted by Crippen LogP contribution is 2.20. The van der Waals surface area contributed by atoms with Crippen molar-refractivity contribution in [2.75, 3.05) is 0 Å². The van der Waals surface area contributed by atoms with Crippen molar-refractivity contribution in [3.63, 3.8) is 0 Å². The largest absolute Gasteiger partial charge is 0.478 e. The minimum atomic E-state index is -4.78. The Kier molecular flexibility index (Phi) is 3.66. The van der Waals surface area contributed by atoms with Crippen LogP contribution in [0.4, 0.5) is 9.57 Å². The Morgan fingerprint density at radius 2 is 2.12 bits per heavy atom. The van der Waals surface area contributed by atoms with E-state index in [0.29, 0.717) is 0 Å². The molecule has 0 spiro atoms. The Morgan fingerprint density at radius 3 is 2.59 bits per heavy atom. The molecule has 1 rings (SSSR count). The Hall–Kier alpha value is -2.12. The van der Waals surface area contributed by atoms with Crippen LogP contribution in [0.25, 0.3) is 10.4 Å². The van der Waals surface area contributed by atoms with E-state index < -0.39 is 21.9 Å². The van der Waals surface area contributed by atoms with Crippen LogP contribution in [-0.2, 0) is 16.0 Å². The molecular formula is C8H6FN3O4S. The molecule has 0 fully saturated rings. The molecule has 0 aliphatic rings. The molecule has 7 nitrogen and oxygen atoms in total. The number of carboxylic acids is 1. The maximum Gasteiger partial charge on any atom is 0.335 e. The lowest BCUT2D eigenvalue weighted by Crippen LogP contribution is -2.01. The van der Waals surface area contributed by atoms with Gasteiger partial charge in [0.15, 0.2) is 0 Å². The standard InChI is InChI=1S/C8H6FN3O4S/c9-17(15,16)4-5-1-6(8(13)14)3-7(2-5)11-12-10/h1-3H,4H2,(H,13,14). The summed E-state index contributed by atoms with van der Waals surface area (Å²) in [5.41, 5.74) is 7.71. The Bertz CT molecular complexity index is 587. The second-order valence-corrected chi connectivity index (χ2v) is 4.43. The summed E-state index contributed by atoms with van der Waals surface area (Å²) in [5, 5.41) is 11.9. The number of hydrogen-bond acceptors (Lipinski definition) is 4. The summed E-state index contributed by atoms with van der Waals surface area (Å²) >= 11 is 0. The number of carboxylic acid groups (broad SMARTS) is 1. The van der Waals surface area contributed by atoms with Crippen LogP contribution in [0.3, 0.4) is 0 Å². The van der Waals surface area contributed by atoms with Crippen molar-refractivity contribution >= 4 is 21.9 Å². The summed E-state index contributed by atoms with van der Waals surface area (Å²) in [4.78, 5) is 13.1. The molecule has 0 unspecified atom stereocenters. The minimum Gasteiger partial charge on any atom is -0.478 e. The van der Waals surface area contributed by atoms with Crippen LogP contribution >= 0.6 is 0 Å². The van der Waals surface area contributed by atoms with Gasteiger partial charge in [-0.1, -0.05) is 5.11 Å². The summed E-state index contributed by atoms with van der Waals surface area (Å²) in [7, 11) is -4.78. The van der Waals surface area contributed by atoms with Crippen LogP contribution in [0.2, 0.25) is 0 Å². The van der Waals surface area contributed by atoms with Crippen molar-refractivity contribution in [2.45, 2.75) is 5.75 Å². The highest BCUT2D eigenvalue weighted by atomic mass is 32.3. The Balaban J connectivity index is 3.30.